The maximum atomic E-state index is 10.8. The Morgan fingerprint density at radius 2 is 2.29 bits per heavy atom. The van der Waals surface area contributed by atoms with Crippen LogP contribution in [0.4, 0.5) is 5.69 Å². The number of nitro groups is 1. The van der Waals surface area contributed by atoms with Crippen molar-refractivity contribution in [1.82, 2.24) is 0 Å². The zero-order valence-corrected chi connectivity index (χ0v) is 9.68. The van der Waals surface area contributed by atoms with Gasteiger partial charge < -0.3 is 9.84 Å². The number of nitrogens with zero attached hydrogens (tertiary/aromatic N) is 1. The molecular formula is C12H15NO4. The van der Waals surface area contributed by atoms with Crippen LogP contribution < -0.4 is 4.74 Å². The maximum Gasteiger partial charge on any atom is 0.311 e. The Hall–Kier alpha value is -1.88. The fourth-order valence-corrected chi connectivity index (χ4v) is 1.26. The zero-order chi connectivity index (χ0) is 12.8. The summed E-state index contributed by atoms with van der Waals surface area (Å²) in [7, 11) is 0. The number of hydrogen-bond donors (Lipinski definition) is 1. The molecule has 0 bridgehead atoms. The van der Waals surface area contributed by atoms with E-state index in [1.165, 1.54) is 12.1 Å². The van der Waals surface area contributed by atoms with Crippen LogP contribution in [0.1, 0.15) is 18.9 Å². The maximum absolute atomic E-state index is 10.8. The Kier molecular flexibility index (Phi) is 4.66. The van der Waals surface area contributed by atoms with Crippen molar-refractivity contribution in [2.24, 2.45) is 0 Å². The molecule has 5 heteroatoms. The van der Waals surface area contributed by atoms with Gasteiger partial charge in [0.2, 0.25) is 0 Å². The first-order valence-corrected chi connectivity index (χ1v) is 5.20. The predicted octanol–water partition coefficient (Wildman–Crippen LogP) is 2.43. The van der Waals surface area contributed by atoms with E-state index in [0.29, 0.717) is 18.6 Å². The molecule has 0 saturated carbocycles. The van der Waals surface area contributed by atoms with Crippen LogP contribution in [-0.2, 0) is 6.61 Å². The Balaban J connectivity index is 2.83. The Labute approximate surface area is 99.5 Å². The van der Waals surface area contributed by atoms with Crippen LogP contribution in [0.15, 0.2) is 30.4 Å². The third-order valence-corrected chi connectivity index (χ3v) is 2.19. The van der Waals surface area contributed by atoms with E-state index in [1.807, 2.05) is 6.92 Å². The van der Waals surface area contributed by atoms with E-state index in [1.54, 1.807) is 6.07 Å². The Morgan fingerprint density at radius 1 is 1.59 bits per heavy atom. The van der Waals surface area contributed by atoms with Gasteiger partial charge in [0, 0.05) is 12.5 Å². The van der Waals surface area contributed by atoms with Crippen molar-refractivity contribution in [3.8, 4) is 5.75 Å². The smallest absolute Gasteiger partial charge is 0.311 e. The average Bonchev–Trinajstić information content (AvgIpc) is 2.28. The monoisotopic (exact) mass is 237 g/mol. The minimum absolute atomic E-state index is 0.127. The van der Waals surface area contributed by atoms with E-state index in [9.17, 15) is 10.1 Å². The number of aliphatic hydroxyl groups excluding tert-OH is 1. The molecule has 0 radical (unpaired) electrons. The van der Waals surface area contributed by atoms with Gasteiger partial charge in [0.1, 0.15) is 0 Å². The largest absolute Gasteiger partial charge is 0.486 e. The highest BCUT2D eigenvalue weighted by atomic mass is 16.6. The fourth-order valence-electron chi connectivity index (χ4n) is 1.26. The normalized spacial score (nSPS) is 10.0. The lowest BCUT2D eigenvalue weighted by molar-refractivity contribution is -0.386. The third-order valence-electron chi connectivity index (χ3n) is 2.19. The number of nitro benzene ring substituents is 1. The van der Waals surface area contributed by atoms with Gasteiger partial charge in [0.25, 0.3) is 0 Å². The summed E-state index contributed by atoms with van der Waals surface area (Å²) in [6.45, 7) is 5.72. The van der Waals surface area contributed by atoms with E-state index >= 15 is 0 Å². The molecule has 0 aromatic heterocycles. The van der Waals surface area contributed by atoms with Crippen molar-refractivity contribution in [3.63, 3.8) is 0 Å². The van der Waals surface area contributed by atoms with Crippen LogP contribution in [0.3, 0.4) is 0 Å². The van der Waals surface area contributed by atoms with Gasteiger partial charge in [-0.1, -0.05) is 11.6 Å². The minimum Gasteiger partial charge on any atom is -0.486 e. The molecule has 5 nitrogen and oxygen atoms in total. The van der Waals surface area contributed by atoms with Crippen LogP contribution in [0.5, 0.6) is 5.75 Å². The van der Waals surface area contributed by atoms with Crippen molar-refractivity contribution in [2.45, 2.75) is 20.0 Å². The van der Waals surface area contributed by atoms with E-state index in [-0.39, 0.29) is 18.0 Å². The van der Waals surface area contributed by atoms with Gasteiger partial charge in [0.05, 0.1) is 18.1 Å². The number of aliphatic hydroxyl groups is 1. The van der Waals surface area contributed by atoms with E-state index in [0.717, 1.165) is 5.57 Å². The van der Waals surface area contributed by atoms with Gasteiger partial charge in [0.15, 0.2) is 5.75 Å². The number of hydrogen-bond acceptors (Lipinski definition) is 4. The quantitative estimate of drug-likeness (QED) is 0.468. The van der Waals surface area contributed by atoms with Crippen LogP contribution in [0.2, 0.25) is 0 Å². The summed E-state index contributed by atoms with van der Waals surface area (Å²) in [4.78, 5) is 10.3. The molecule has 0 amide bonds. The first kappa shape index (κ1) is 13.2. The molecule has 1 rings (SSSR count). The number of ether oxygens (including phenoxy) is 1. The molecule has 92 valence electrons. The molecule has 1 N–H and O–H groups in total. The second kappa shape index (κ2) is 6.00. The molecule has 0 spiro atoms. The van der Waals surface area contributed by atoms with Gasteiger partial charge in [-0.2, -0.15) is 0 Å². The average molecular weight is 237 g/mol. The van der Waals surface area contributed by atoms with E-state index < -0.39 is 4.92 Å². The molecule has 1 aromatic rings. The molecule has 17 heavy (non-hydrogen) atoms. The van der Waals surface area contributed by atoms with Crippen molar-refractivity contribution in [3.05, 3.63) is 46.0 Å². The molecule has 0 saturated heterocycles. The highest BCUT2D eigenvalue weighted by molar-refractivity contribution is 5.48. The molecule has 0 aliphatic carbocycles. The summed E-state index contributed by atoms with van der Waals surface area (Å²) in [5.74, 6) is 0.216. The van der Waals surface area contributed by atoms with Crippen LogP contribution in [0, 0.1) is 10.1 Å². The number of rotatable bonds is 6. The second-order valence-corrected chi connectivity index (χ2v) is 3.77. The molecule has 0 fully saturated rings. The first-order valence-electron chi connectivity index (χ1n) is 5.20. The van der Waals surface area contributed by atoms with Gasteiger partial charge >= 0.3 is 5.69 Å². The molecule has 0 atom stereocenters. The second-order valence-electron chi connectivity index (χ2n) is 3.77. The molecule has 0 aliphatic heterocycles. The van der Waals surface area contributed by atoms with Crippen molar-refractivity contribution in [2.75, 3.05) is 6.61 Å². The topological polar surface area (TPSA) is 72.6 Å². The summed E-state index contributed by atoms with van der Waals surface area (Å²) in [5, 5.41) is 19.7. The lowest BCUT2D eigenvalue weighted by Gasteiger charge is -2.07. The van der Waals surface area contributed by atoms with Crippen LogP contribution in [-0.4, -0.2) is 16.6 Å². The summed E-state index contributed by atoms with van der Waals surface area (Å²) in [6, 6.07) is 4.42. The van der Waals surface area contributed by atoms with Crippen molar-refractivity contribution < 1.29 is 14.8 Å². The fraction of sp³-hybridized carbons (Fsp3) is 0.333. The Morgan fingerprint density at radius 3 is 2.82 bits per heavy atom. The summed E-state index contributed by atoms with van der Waals surface area (Å²) in [5.41, 5.74) is 1.32. The predicted molar refractivity (Wildman–Crippen MR) is 63.9 cm³/mol. The van der Waals surface area contributed by atoms with Gasteiger partial charge in [-0.25, -0.2) is 0 Å². The highest BCUT2D eigenvalue weighted by Gasteiger charge is 2.15. The van der Waals surface area contributed by atoms with Crippen LogP contribution >= 0.6 is 0 Å². The molecular weight excluding hydrogens is 222 g/mol. The van der Waals surface area contributed by atoms with Crippen molar-refractivity contribution in [1.29, 1.82) is 0 Å². The highest BCUT2D eigenvalue weighted by Crippen LogP contribution is 2.28. The lowest BCUT2D eigenvalue weighted by Crippen LogP contribution is -2.01. The van der Waals surface area contributed by atoms with E-state index in [2.05, 4.69) is 6.58 Å². The summed E-state index contributed by atoms with van der Waals surface area (Å²) < 4.78 is 5.32. The Bertz CT molecular complexity index is 429. The SMILES string of the molecule is C=C(C)CCOc1ccc(CO)cc1[N+](=O)[O-]. The molecule has 0 unspecified atom stereocenters. The first-order chi connectivity index (χ1) is 8.04. The van der Waals surface area contributed by atoms with Gasteiger partial charge in [-0.3, -0.25) is 10.1 Å². The van der Waals surface area contributed by atoms with Gasteiger partial charge in [-0.15, -0.1) is 6.58 Å². The van der Waals surface area contributed by atoms with Gasteiger partial charge in [-0.05, 0) is 18.6 Å². The van der Waals surface area contributed by atoms with Crippen molar-refractivity contribution >= 4 is 5.69 Å². The summed E-state index contributed by atoms with van der Waals surface area (Å²) >= 11 is 0. The number of benzene rings is 1. The zero-order valence-electron chi connectivity index (χ0n) is 9.68. The minimum atomic E-state index is -0.519. The van der Waals surface area contributed by atoms with E-state index in [4.69, 9.17) is 9.84 Å². The molecule has 1 aromatic carbocycles. The molecule has 0 heterocycles. The molecule has 0 aliphatic rings. The lowest BCUT2D eigenvalue weighted by atomic mass is 10.2. The third kappa shape index (κ3) is 3.88. The standard InChI is InChI=1S/C12H15NO4/c1-9(2)5-6-17-12-4-3-10(8-14)7-11(12)13(15)16/h3-4,7,14H,1,5-6,8H2,2H3. The summed E-state index contributed by atoms with van der Waals surface area (Å²) in [6.07, 6.45) is 0.652. The van der Waals surface area contributed by atoms with Crippen LogP contribution in [0.25, 0.3) is 0 Å².